The first-order valence-electron chi connectivity index (χ1n) is 9.65. The maximum Gasteiger partial charge on any atom is 0.327 e. The Bertz CT molecular complexity index is 852. The van der Waals surface area contributed by atoms with Gasteiger partial charge in [0.15, 0.2) is 6.10 Å². The number of carbonyl (C=O) groups is 3. The fraction of sp³-hybridized carbons (Fsp3) is 0.400. The molecule has 1 saturated heterocycles. The van der Waals surface area contributed by atoms with Crippen molar-refractivity contribution in [2.75, 3.05) is 26.3 Å². The van der Waals surface area contributed by atoms with E-state index in [0.29, 0.717) is 37.7 Å². The number of imide groups is 1. The van der Waals surface area contributed by atoms with Crippen LogP contribution in [-0.4, -0.2) is 76.1 Å². The number of nitrogens with zero attached hydrogens (tertiary/aromatic N) is 3. The van der Waals surface area contributed by atoms with E-state index < -0.39 is 30.0 Å². The highest BCUT2D eigenvalue weighted by Crippen LogP contribution is 2.17. The van der Waals surface area contributed by atoms with Crippen molar-refractivity contribution in [3.63, 3.8) is 0 Å². The third kappa shape index (κ3) is 5.15. The van der Waals surface area contributed by atoms with Gasteiger partial charge in [0.05, 0.1) is 19.5 Å². The van der Waals surface area contributed by atoms with Gasteiger partial charge in [-0.05, 0) is 19.1 Å². The van der Waals surface area contributed by atoms with Gasteiger partial charge in [-0.3, -0.25) is 9.59 Å². The van der Waals surface area contributed by atoms with Crippen molar-refractivity contribution in [3.8, 4) is 5.75 Å². The summed E-state index contributed by atoms with van der Waals surface area (Å²) >= 11 is 0. The molecule has 0 unspecified atom stereocenters. The summed E-state index contributed by atoms with van der Waals surface area (Å²) in [4.78, 5) is 48.0. The van der Waals surface area contributed by atoms with Crippen LogP contribution in [0.1, 0.15) is 12.6 Å². The van der Waals surface area contributed by atoms with Crippen LogP contribution >= 0.6 is 0 Å². The third-order valence-corrected chi connectivity index (χ3v) is 4.74. The van der Waals surface area contributed by atoms with E-state index in [-0.39, 0.29) is 6.42 Å². The molecule has 0 radical (unpaired) electrons. The first-order chi connectivity index (χ1) is 14.5. The van der Waals surface area contributed by atoms with Crippen LogP contribution in [0.2, 0.25) is 0 Å². The molecular weight excluding hydrogens is 390 g/mol. The number of amides is 4. The zero-order valence-electron chi connectivity index (χ0n) is 16.7. The van der Waals surface area contributed by atoms with E-state index in [9.17, 15) is 14.4 Å². The Morgan fingerprint density at radius 2 is 1.97 bits per heavy atom. The highest BCUT2D eigenvalue weighted by molar-refractivity contribution is 6.01. The minimum Gasteiger partial charge on any atom is -0.481 e. The summed E-state index contributed by atoms with van der Waals surface area (Å²) in [5.74, 6) is -0.980. The molecule has 1 fully saturated rings. The van der Waals surface area contributed by atoms with Crippen LogP contribution in [-0.2, 0) is 20.7 Å². The first kappa shape index (κ1) is 21.3. The minimum absolute atomic E-state index is 0.0230. The number of ether oxygens (including phenoxy) is 2. The molecule has 0 bridgehead atoms. The zero-order chi connectivity index (χ0) is 21.5. The van der Waals surface area contributed by atoms with Crippen LogP contribution in [0.15, 0.2) is 42.9 Å². The number of morpholine rings is 1. The molecule has 0 aliphatic carbocycles. The Hall–Kier alpha value is -3.40. The molecule has 3 rings (SSSR count). The van der Waals surface area contributed by atoms with Crippen molar-refractivity contribution in [1.29, 1.82) is 0 Å². The number of nitrogens with two attached hydrogens (primary N) is 1. The topological polar surface area (TPSA) is 131 Å². The van der Waals surface area contributed by atoms with Crippen molar-refractivity contribution in [1.82, 2.24) is 19.8 Å². The largest absolute Gasteiger partial charge is 0.481 e. The first-order valence-corrected chi connectivity index (χ1v) is 9.65. The van der Waals surface area contributed by atoms with Gasteiger partial charge in [-0.2, -0.15) is 0 Å². The smallest absolute Gasteiger partial charge is 0.327 e. The molecule has 3 N–H and O–H groups in total. The van der Waals surface area contributed by atoms with Gasteiger partial charge in [-0.25, -0.2) is 14.7 Å². The summed E-state index contributed by atoms with van der Waals surface area (Å²) in [5.41, 5.74) is 6.18. The Kier molecular flexibility index (Phi) is 7.02. The van der Waals surface area contributed by atoms with Crippen LogP contribution in [0, 0.1) is 0 Å². The fourth-order valence-corrected chi connectivity index (χ4v) is 3.16. The average Bonchev–Trinajstić information content (AvgIpc) is 3.27. The van der Waals surface area contributed by atoms with Gasteiger partial charge in [0.25, 0.3) is 5.91 Å². The summed E-state index contributed by atoms with van der Waals surface area (Å²) in [6, 6.07) is 6.97. The summed E-state index contributed by atoms with van der Waals surface area (Å²) in [6.07, 6.45) is 1.97. The van der Waals surface area contributed by atoms with E-state index in [0.717, 1.165) is 4.90 Å². The normalized spacial score (nSPS) is 15.8. The lowest BCUT2D eigenvalue weighted by atomic mass is 10.1. The van der Waals surface area contributed by atoms with Crippen LogP contribution in [0.3, 0.4) is 0 Å². The lowest BCUT2D eigenvalue weighted by Crippen LogP contribution is -2.60. The van der Waals surface area contributed by atoms with Gasteiger partial charge in [0.1, 0.15) is 11.8 Å². The van der Waals surface area contributed by atoms with E-state index >= 15 is 0 Å². The van der Waals surface area contributed by atoms with E-state index in [1.54, 1.807) is 24.3 Å². The number of H-pyrrole nitrogens is 1. The number of hydrogen-bond donors (Lipinski definition) is 2. The summed E-state index contributed by atoms with van der Waals surface area (Å²) in [6.45, 7) is 2.86. The van der Waals surface area contributed by atoms with E-state index in [1.807, 2.05) is 6.07 Å². The van der Waals surface area contributed by atoms with Crippen LogP contribution < -0.4 is 10.5 Å². The number of aromatic nitrogens is 2. The zero-order valence-corrected chi connectivity index (χ0v) is 16.7. The number of aromatic amines is 1. The van der Waals surface area contributed by atoms with Crippen molar-refractivity contribution in [3.05, 3.63) is 48.5 Å². The molecule has 10 nitrogen and oxygen atoms in total. The summed E-state index contributed by atoms with van der Waals surface area (Å²) < 4.78 is 11.0. The number of nitrogens with one attached hydrogen (secondary N) is 1. The number of para-hydroxylation sites is 1. The number of imidazole rings is 1. The molecule has 30 heavy (non-hydrogen) atoms. The second-order valence-electron chi connectivity index (χ2n) is 6.86. The highest BCUT2D eigenvalue weighted by Gasteiger charge is 2.39. The Balaban J connectivity index is 1.87. The predicted octanol–water partition coefficient (Wildman–Crippen LogP) is 0.554. The van der Waals surface area contributed by atoms with Crippen molar-refractivity contribution >= 4 is 17.8 Å². The molecule has 1 aromatic heterocycles. The molecule has 2 aromatic rings. The number of rotatable bonds is 7. The number of urea groups is 1. The van der Waals surface area contributed by atoms with Gasteiger partial charge >= 0.3 is 6.03 Å². The lowest BCUT2D eigenvalue weighted by molar-refractivity contribution is -0.141. The lowest BCUT2D eigenvalue weighted by Gasteiger charge is -2.36. The molecule has 10 heteroatoms. The molecular formula is C20H25N5O5. The highest BCUT2D eigenvalue weighted by atomic mass is 16.5. The molecule has 0 spiro atoms. The van der Waals surface area contributed by atoms with Gasteiger partial charge in [0, 0.05) is 31.4 Å². The van der Waals surface area contributed by atoms with E-state index in [2.05, 4.69) is 9.97 Å². The fourth-order valence-electron chi connectivity index (χ4n) is 3.16. The van der Waals surface area contributed by atoms with Crippen molar-refractivity contribution in [2.24, 2.45) is 5.73 Å². The molecule has 1 aliphatic heterocycles. The molecule has 1 aliphatic rings. The number of benzene rings is 1. The third-order valence-electron chi connectivity index (χ3n) is 4.74. The van der Waals surface area contributed by atoms with Crippen molar-refractivity contribution < 1.29 is 23.9 Å². The second-order valence-corrected chi connectivity index (χ2v) is 6.86. The van der Waals surface area contributed by atoms with Gasteiger partial charge in [-0.1, -0.05) is 18.2 Å². The molecule has 160 valence electrons. The standard InChI is InChI=1S/C20H25N5O5/c1-14(30-16-5-3-2-4-6-16)19(27)25(20(28)24-7-9-29-10-8-24)17(18(21)26)11-15-12-22-13-23-15/h2-6,12-14,17H,7-11H2,1H3,(H2,21,26)(H,22,23)/t14-,17+/m1/s1. The molecule has 0 saturated carbocycles. The van der Waals surface area contributed by atoms with Crippen LogP contribution in [0.5, 0.6) is 5.75 Å². The molecule has 1 aromatic carbocycles. The SMILES string of the molecule is C[C@@H](Oc1ccccc1)C(=O)N(C(=O)N1CCOCC1)[C@@H](Cc1cnc[nH]1)C(N)=O. The monoisotopic (exact) mass is 415 g/mol. The Morgan fingerprint density at radius 1 is 1.27 bits per heavy atom. The molecule has 2 atom stereocenters. The van der Waals surface area contributed by atoms with Gasteiger partial charge in [0.2, 0.25) is 5.91 Å². The predicted molar refractivity (Wildman–Crippen MR) is 106 cm³/mol. The van der Waals surface area contributed by atoms with Gasteiger partial charge in [-0.15, -0.1) is 0 Å². The number of carbonyl (C=O) groups excluding carboxylic acids is 3. The second kappa shape index (κ2) is 9.88. The quantitative estimate of drug-likeness (QED) is 0.679. The molecule has 4 amide bonds. The minimum atomic E-state index is -1.20. The Morgan fingerprint density at radius 3 is 2.57 bits per heavy atom. The Labute approximate surface area is 173 Å². The van der Waals surface area contributed by atoms with Crippen LogP contribution in [0.25, 0.3) is 0 Å². The maximum absolute atomic E-state index is 13.3. The summed E-state index contributed by atoms with van der Waals surface area (Å²) in [5, 5.41) is 0. The maximum atomic E-state index is 13.3. The van der Waals surface area contributed by atoms with E-state index in [1.165, 1.54) is 24.3 Å². The number of primary amides is 1. The summed E-state index contributed by atoms with van der Waals surface area (Å²) in [7, 11) is 0. The average molecular weight is 415 g/mol. The van der Waals surface area contributed by atoms with E-state index in [4.69, 9.17) is 15.2 Å². The molecule has 2 heterocycles. The number of hydrogen-bond acceptors (Lipinski definition) is 6. The van der Waals surface area contributed by atoms with Crippen molar-refractivity contribution in [2.45, 2.75) is 25.5 Å². The van der Waals surface area contributed by atoms with Crippen LogP contribution in [0.4, 0.5) is 4.79 Å². The van der Waals surface area contributed by atoms with Gasteiger partial charge < -0.3 is 25.1 Å².